The first-order valence-electron chi connectivity index (χ1n) is 29.0. The van der Waals surface area contributed by atoms with E-state index >= 15 is 0 Å². The number of carbonyl (C=O) groups is 3. The van der Waals surface area contributed by atoms with Crippen LogP contribution in [0.1, 0.15) is 252 Å². The SMILES string of the molecule is CC/C=C\C/C=C\C/C=C\C/C=C\C/C=C\C/C=C\CCC(=O)OC(COC(=O)CCCCC/C=C\C/C=C\C/C=C\CC)COC(=O)CCCCCCCCCCC/C=C\CCCCCCCCCC. The number of unbranched alkanes of at least 4 members (excludes halogenated alkanes) is 20. The molecule has 0 aromatic carbocycles. The lowest BCUT2D eigenvalue weighted by molar-refractivity contribution is -0.166. The molecule has 0 aliphatic heterocycles. The van der Waals surface area contributed by atoms with Gasteiger partial charge in [0.05, 0.1) is 0 Å². The van der Waals surface area contributed by atoms with Gasteiger partial charge in [0.1, 0.15) is 13.2 Å². The molecular weight excluding hydrogens is 877 g/mol. The van der Waals surface area contributed by atoms with Gasteiger partial charge in [0, 0.05) is 19.3 Å². The molecule has 0 rings (SSSR count). The molecule has 0 aromatic heterocycles. The maximum Gasteiger partial charge on any atom is 0.306 e. The molecule has 0 amide bonds. The molecule has 1 unspecified atom stereocenters. The molecule has 6 heteroatoms. The lowest BCUT2D eigenvalue weighted by Gasteiger charge is -2.18. The molecule has 0 N–H and O–H groups in total. The lowest BCUT2D eigenvalue weighted by atomic mass is 10.1. The number of rotatable bonds is 51. The van der Waals surface area contributed by atoms with Crippen LogP contribution in [0.3, 0.4) is 0 Å². The average Bonchev–Trinajstić information content (AvgIpc) is 3.37. The summed E-state index contributed by atoms with van der Waals surface area (Å²) in [6, 6.07) is 0. The first-order valence-corrected chi connectivity index (χ1v) is 29.0. The van der Waals surface area contributed by atoms with Gasteiger partial charge in [0.25, 0.3) is 0 Å². The summed E-state index contributed by atoms with van der Waals surface area (Å²) >= 11 is 0. The van der Waals surface area contributed by atoms with E-state index in [2.05, 4.69) is 130 Å². The number of ether oxygens (including phenoxy) is 3. The third-order valence-electron chi connectivity index (χ3n) is 11.9. The first kappa shape index (κ1) is 66.8. The topological polar surface area (TPSA) is 78.9 Å². The van der Waals surface area contributed by atoms with Crippen molar-refractivity contribution in [3.8, 4) is 0 Å². The van der Waals surface area contributed by atoms with Gasteiger partial charge in [-0.2, -0.15) is 0 Å². The minimum Gasteiger partial charge on any atom is -0.462 e. The summed E-state index contributed by atoms with van der Waals surface area (Å²) < 4.78 is 16.8. The molecule has 0 aliphatic carbocycles. The van der Waals surface area contributed by atoms with E-state index in [4.69, 9.17) is 14.2 Å². The summed E-state index contributed by atoms with van der Waals surface area (Å²) in [5.41, 5.74) is 0. The van der Waals surface area contributed by atoms with E-state index in [1.165, 1.54) is 103 Å². The Balaban J connectivity index is 4.49. The van der Waals surface area contributed by atoms with Crippen LogP contribution in [0, 0.1) is 0 Å². The summed E-state index contributed by atoms with van der Waals surface area (Å²) in [6.07, 6.45) is 80.7. The monoisotopic (exact) mass is 983 g/mol. The van der Waals surface area contributed by atoms with Crippen molar-refractivity contribution in [2.45, 2.75) is 258 Å². The van der Waals surface area contributed by atoms with Crippen molar-refractivity contribution in [2.24, 2.45) is 0 Å². The zero-order valence-electron chi connectivity index (χ0n) is 45.9. The van der Waals surface area contributed by atoms with Crippen LogP contribution >= 0.6 is 0 Å². The van der Waals surface area contributed by atoms with Crippen LogP contribution in [-0.4, -0.2) is 37.2 Å². The minimum absolute atomic E-state index is 0.121. The molecule has 0 saturated carbocycles. The van der Waals surface area contributed by atoms with E-state index in [0.717, 1.165) is 103 Å². The highest BCUT2D eigenvalue weighted by Gasteiger charge is 2.19. The number of carbonyl (C=O) groups excluding carboxylic acids is 3. The second-order valence-corrected chi connectivity index (χ2v) is 18.8. The van der Waals surface area contributed by atoms with E-state index in [9.17, 15) is 14.4 Å². The number of allylic oxidation sites excluding steroid dienone is 20. The third kappa shape index (κ3) is 56.6. The largest absolute Gasteiger partial charge is 0.462 e. The third-order valence-corrected chi connectivity index (χ3v) is 11.9. The van der Waals surface area contributed by atoms with Crippen LogP contribution in [0.15, 0.2) is 122 Å². The van der Waals surface area contributed by atoms with Crippen LogP contribution in [0.2, 0.25) is 0 Å². The summed E-state index contributed by atoms with van der Waals surface area (Å²) in [4.78, 5) is 38.1. The molecule has 0 aliphatic rings. The maximum absolute atomic E-state index is 12.8. The molecule has 0 saturated heterocycles. The molecular formula is C65H106O6. The van der Waals surface area contributed by atoms with Crippen molar-refractivity contribution in [1.82, 2.24) is 0 Å². The van der Waals surface area contributed by atoms with Crippen LogP contribution in [0.25, 0.3) is 0 Å². The predicted molar refractivity (Wildman–Crippen MR) is 306 cm³/mol. The van der Waals surface area contributed by atoms with Crippen LogP contribution in [0.4, 0.5) is 0 Å². The fourth-order valence-corrected chi connectivity index (χ4v) is 7.65. The second-order valence-electron chi connectivity index (χ2n) is 18.8. The summed E-state index contributed by atoms with van der Waals surface area (Å²) in [5.74, 6) is -1.04. The number of hydrogen-bond acceptors (Lipinski definition) is 6. The maximum atomic E-state index is 12.8. The van der Waals surface area contributed by atoms with Crippen molar-refractivity contribution in [3.63, 3.8) is 0 Å². The zero-order chi connectivity index (χ0) is 51.4. The number of hydrogen-bond donors (Lipinski definition) is 0. The second kappa shape index (κ2) is 58.4. The summed E-state index contributed by atoms with van der Waals surface area (Å²) in [7, 11) is 0. The Hall–Kier alpha value is -4.19. The fourth-order valence-electron chi connectivity index (χ4n) is 7.65. The minimum atomic E-state index is -0.835. The van der Waals surface area contributed by atoms with Crippen molar-refractivity contribution in [2.75, 3.05) is 13.2 Å². The molecule has 0 heterocycles. The van der Waals surface area contributed by atoms with Crippen molar-refractivity contribution in [3.05, 3.63) is 122 Å². The molecule has 0 aromatic rings. The van der Waals surface area contributed by atoms with Gasteiger partial charge in [-0.05, 0) is 116 Å². The molecule has 1 atom stereocenters. The van der Waals surface area contributed by atoms with E-state index in [1.54, 1.807) is 0 Å². The van der Waals surface area contributed by atoms with Gasteiger partial charge in [-0.1, -0.05) is 239 Å². The molecule has 0 spiro atoms. The number of esters is 3. The molecule has 0 fully saturated rings. The Morgan fingerprint density at radius 1 is 0.296 bits per heavy atom. The van der Waals surface area contributed by atoms with E-state index in [-0.39, 0.29) is 31.6 Å². The van der Waals surface area contributed by atoms with Crippen LogP contribution in [-0.2, 0) is 28.6 Å². The van der Waals surface area contributed by atoms with Gasteiger partial charge < -0.3 is 14.2 Å². The smallest absolute Gasteiger partial charge is 0.306 e. The standard InChI is InChI=1S/C65H106O6/c1-4-7-10-13-16-19-22-25-27-29-31-32-34-35-37-40-43-46-49-52-55-58-64(67)70-61-62(60-69-63(66)57-54-51-48-45-42-39-24-21-18-15-12-9-6-3)71-65(68)59-56-53-50-47-44-41-38-36-33-30-28-26-23-20-17-14-11-8-5-2/h8-9,11-12,17-18,20-21,26,28-29,31,33,36,39,41-42,44,50,53,62H,4-7,10,13-16,19,22-25,27,30,32,34-35,37-38,40,43,45-49,51-52,54-61H2,1-3H3/b11-8-,12-9-,20-17-,21-18-,28-26-,31-29-,36-33-,42-39-,44-41-,53-50-. The molecule has 402 valence electrons. The molecule has 6 nitrogen and oxygen atoms in total. The first-order chi connectivity index (χ1) is 35.0. The van der Waals surface area contributed by atoms with Crippen molar-refractivity contribution < 1.29 is 28.6 Å². The highest BCUT2D eigenvalue weighted by molar-refractivity contribution is 5.71. The van der Waals surface area contributed by atoms with Gasteiger partial charge in [-0.3, -0.25) is 14.4 Å². The van der Waals surface area contributed by atoms with Crippen molar-refractivity contribution in [1.29, 1.82) is 0 Å². The van der Waals surface area contributed by atoms with E-state index in [0.29, 0.717) is 19.3 Å². The Kier molecular flexibility index (Phi) is 54.9. The van der Waals surface area contributed by atoms with Crippen molar-refractivity contribution >= 4 is 17.9 Å². The Morgan fingerprint density at radius 3 is 0.944 bits per heavy atom. The Bertz CT molecular complexity index is 1500. The van der Waals surface area contributed by atoms with Gasteiger partial charge in [-0.25, -0.2) is 0 Å². The average molecular weight is 984 g/mol. The highest BCUT2D eigenvalue weighted by Crippen LogP contribution is 2.14. The normalized spacial score (nSPS) is 13.0. The fraction of sp³-hybridized carbons (Fsp3) is 0.646. The Labute approximate surface area is 437 Å². The van der Waals surface area contributed by atoms with E-state index in [1.807, 2.05) is 12.2 Å². The van der Waals surface area contributed by atoms with Gasteiger partial charge >= 0.3 is 17.9 Å². The highest BCUT2D eigenvalue weighted by atomic mass is 16.6. The Morgan fingerprint density at radius 2 is 0.577 bits per heavy atom. The summed E-state index contributed by atoms with van der Waals surface area (Å²) in [6.45, 7) is 6.32. The quantitative estimate of drug-likeness (QED) is 0.0261. The van der Waals surface area contributed by atoms with Crippen LogP contribution in [0.5, 0.6) is 0 Å². The van der Waals surface area contributed by atoms with Crippen LogP contribution < -0.4 is 0 Å². The predicted octanol–water partition coefficient (Wildman–Crippen LogP) is 19.6. The summed E-state index contributed by atoms with van der Waals surface area (Å²) in [5, 5.41) is 0. The van der Waals surface area contributed by atoms with Gasteiger partial charge in [0.2, 0.25) is 0 Å². The molecule has 71 heavy (non-hydrogen) atoms. The van der Waals surface area contributed by atoms with Gasteiger partial charge in [0.15, 0.2) is 6.10 Å². The zero-order valence-corrected chi connectivity index (χ0v) is 45.9. The van der Waals surface area contributed by atoms with E-state index < -0.39 is 12.1 Å². The lowest BCUT2D eigenvalue weighted by Crippen LogP contribution is -2.30. The van der Waals surface area contributed by atoms with Gasteiger partial charge in [-0.15, -0.1) is 0 Å². The molecule has 0 radical (unpaired) electrons. The molecule has 0 bridgehead atoms.